The van der Waals surface area contributed by atoms with Crippen LogP contribution >= 0.6 is 0 Å². The highest BCUT2D eigenvalue weighted by Crippen LogP contribution is 2.32. The van der Waals surface area contributed by atoms with Crippen LogP contribution in [0.15, 0.2) is 40.9 Å². The van der Waals surface area contributed by atoms with Crippen molar-refractivity contribution in [2.45, 2.75) is 0 Å². The lowest BCUT2D eigenvalue weighted by Gasteiger charge is -2.27. The Hall–Kier alpha value is -1.44. The van der Waals surface area contributed by atoms with Gasteiger partial charge in [0.05, 0.1) is 12.0 Å². The summed E-state index contributed by atoms with van der Waals surface area (Å²) in [5.41, 5.74) is 0.568. The third-order valence-electron chi connectivity index (χ3n) is 2.24. The molecule has 1 heterocycles. The second-order valence-corrected chi connectivity index (χ2v) is 2.99. The molecule has 0 fully saturated rings. The van der Waals surface area contributed by atoms with Crippen molar-refractivity contribution in [3.8, 4) is 0 Å². The van der Waals surface area contributed by atoms with Crippen molar-refractivity contribution in [1.82, 2.24) is 0 Å². The van der Waals surface area contributed by atoms with E-state index in [1.165, 1.54) is 0 Å². The number of aliphatic imine (C=N–C) groups is 1. The number of aldehydes is 1. The normalized spacial score (nSPS) is 31.2. The van der Waals surface area contributed by atoms with Gasteiger partial charge in [0.1, 0.15) is 6.29 Å². The molecular weight excluding hydrogens is 150 g/mol. The summed E-state index contributed by atoms with van der Waals surface area (Å²) in [7, 11) is 0. The number of dihydropyridines is 1. The zero-order valence-electron chi connectivity index (χ0n) is 6.60. The smallest absolute Gasteiger partial charge is 0.136 e. The summed E-state index contributed by atoms with van der Waals surface area (Å²) in [5, 5.41) is 0. The lowest BCUT2D eigenvalue weighted by Crippen LogP contribution is -2.29. The van der Waals surface area contributed by atoms with E-state index in [0.29, 0.717) is 6.54 Å². The summed E-state index contributed by atoms with van der Waals surface area (Å²) < 4.78 is 0. The quantitative estimate of drug-likeness (QED) is 0.530. The van der Waals surface area contributed by atoms with Gasteiger partial charge >= 0.3 is 0 Å². The predicted octanol–water partition coefficient (Wildman–Crippen LogP) is 1.31. The molecule has 60 valence electrons. The molecule has 0 radical (unpaired) electrons. The molecule has 0 aromatic rings. The van der Waals surface area contributed by atoms with Crippen LogP contribution in [0.5, 0.6) is 0 Å². The third kappa shape index (κ3) is 0.881. The highest BCUT2D eigenvalue weighted by Gasteiger charge is 2.31. The van der Waals surface area contributed by atoms with Crippen molar-refractivity contribution in [3.63, 3.8) is 0 Å². The minimum absolute atomic E-state index is 0.469. The molecule has 2 rings (SSSR count). The molecule has 0 saturated carbocycles. The van der Waals surface area contributed by atoms with E-state index in [0.717, 1.165) is 11.9 Å². The van der Waals surface area contributed by atoms with Gasteiger partial charge in [-0.3, -0.25) is 4.99 Å². The van der Waals surface area contributed by atoms with Crippen LogP contribution in [0, 0.1) is 5.41 Å². The molecule has 1 unspecified atom stereocenters. The van der Waals surface area contributed by atoms with E-state index < -0.39 is 5.41 Å². The lowest BCUT2D eigenvalue weighted by molar-refractivity contribution is -0.112. The van der Waals surface area contributed by atoms with Gasteiger partial charge in [0.2, 0.25) is 0 Å². The summed E-state index contributed by atoms with van der Waals surface area (Å²) in [5.74, 6) is 0. The number of carbonyl (C=O) groups is 1. The van der Waals surface area contributed by atoms with Crippen LogP contribution in [0.3, 0.4) is 0 Å². The van der Waals surface area contributed by atoms with Gasteiger partial charge in [-0.15, -0.1) is 0 Å². The monoisotopic (exact) mass is 159 g/mol. The van der Waals surface area contributed by atoms with Crippen LogP contribution < -0.4 is 0 Å². The molecule has 1 aliphatic heterocycles. The Morgan fingerprint density at radius 3 is 3.17 bits per heavy atom. The molecule has 1 aliphatic carbocycles. The number of hydrogen-bond donors (Lipinski definition) is 0. The Labute approximate surface area is 71.0 Å². The maximum Gasteiger partial charge on any atom is 0.136 e. The first-order valence-electron chi connectivity index (χ1n) is 3.90. The van der Waals surface area contributed by atoms with Crippen molar-refractivity contribution in [1.29, 1.82) is 0 Å². The maximum absolute atomic E-state index is 10.9. The predicted molar refractivity (Wildman–Crippen MR) is 48.2 cm³/mol. The molecule has 0 bridgehead atoms. The minimum atomic E-state index is -0.469. The van der Waals surface area contributed by atoms with E-state index in [-0.39, 0.29) is 0 Å². The fourth-order valence-electron chi connectivity index (χ4n) is 1.47. The van der Waals surface area contributed by atoms with E-state index in [2.05, 4.69) is 4.99 Å². The maximum atomic E-state index is 10.9. The van der Waals surface area contributed by atoms with Crippen LogP contribution in [-0.2, 0) is 4.79 Å². The summed E-state index contributed by atoms with van der Waals surface area (Å²) in [6, 6.07) is 0. The fraction of sp³-hybridized carbons (Fsp3) is 0.200. The van der Waals surface area contributed by atoms with Gasteiger partial charge < -0.3 is 4.79 Å². The molecule has 0 saturated heterocycles. The largest absolute Gasteiger partial charge is 0.302 e. The second kappa shape index (κ2) is 2.55. The topological polar surface area (TPSA) is 29.4 Å². The Bertz CT molecular complexity index is 323. The van der Waals surface area contributed by atoms with E-state index in [1.807, 2.05) is 30.4 Å². The number of fused-ring (bicyclic) bond motifs is 1. The Morgan fingerprint density at radius 1 is 1.50 bits per heavy atom. The first-order chi connectivity index (χ1) is 5.87. The van der Waals surface area contributed by atoms with Crippen LogP contribution in [0.2, 0.25) is 0 Å². The van der Waals surface area contributed by atoms with Gasteiger partial charge in [-0.25, -0.2) is 0 Å². The SMILES string of the molecule is O=CC12C=CC=CC1=CC=NC2. The average Bonchev–Trinajstić information content (AvgIpc) is 2.18. The molecule has 0 amide bonds. The van der Waals surface area contributed by atoms with Gasteiger partial charge in [0, 0.05) is 6.21 Å². The average molecular weight is 159 g/mol. The van der Waals surface area contributed by atoms with Gasteiger partial charge in [-0.2, -0.15) is 0 Å². The van der Waals surface area contributed by atoms with Crippen LogP contribution in [0.4, 0.5) is 0 Å². The number of allylic oxidation sites excluding steroid dienone is 4. The van der Waals surface area contributed by atoms with Crippen molar-refractivity contribution in [2.24, 2.45) is 10.4 Å². The van der Waals surface area contributed by atoms with Crippen molar-refractivity contribution in [3.05, 3.63) is 36.0 Å². The molecule has 2 heteroatoms. The Morgan fingerprint density at radius 2 is 2.42 bits per heavy atom. The third-order valence-corrected chi connectivity index (χ3v) is 2.24. The van der Waals surface area contributed by atoms with Crippen LogP contribution in [-0.4, -0.2) is 19.0 Å². The van der Waals surface area contributed by atoms with Crippen molar-refractivity contribution < 1.29 is 4.79 Å². The number of carbonyl (C=O) groups excluding carboxylic acids is 1. The first-order valence-corrected chi connectivity index (χ1v) is 3.90. The van der Waals surface area contributed by atoms with Gasteiger partial charge in [-0.05, 0) is 11.6 Å². The summed E-state index contributed by atoms with van der Waals surface area (Å²) in [4.78, 5) is 15.0. The zero-order chi connectivity index (χ0) is 8.44. The van der Waals surface area contributed by atoms with E-state index >= 15 is 0 Å². The standard InChI is InChI=1S/C10H9NO/c12-8-10-5-2-1-3-9(10)4-6-11-7-10/h1-6,8H,7H2. The molecule has 2 aliphatic rings. The van der Waals surface area contributed by atoms with E-state index in [4.69, 9.17) is 0 Å². The fourth-order valence-corrected chi connectivity index (χ4v) is 1.47. The summed E-state index contributed by atoms with van der Waals surface area (Å²) in [6.07, 6.45) is 12.3. The molecular formula is C10H9NO. The lowest BCUT2D eigenvalue weighted by atomic mass is 9.77. The highest BCUT2D eigenvalue weighted by molar-refractivity contribution is 5.82. The van der Waals surface area contributed by atoms with E-state index in [9.17, 15) is 4.79 Å². The molecule has 0 N–H and O–H groups in total. The minimum Gasteiger partial charge on any atom is -0.302 e. The van der Waals surface area contributed by atoms with Crippen molar-refractivity contribution >= 4 is 12.5 Å². The van der Waals surface area contributed by atoms with Crippen LogP contribution in [0.1, 0.15) is 0 Å². The summed E-state index contributed by atoms with van der Waals surface area (Å²) in [6.45, 7) is 0.545. The highest BCUT2D eigenvalue weighted by atomic mass is 16.1. The Kier molecular flexibility index (Phi) is 1.54. The second-order valence-electron chi connectivity index (χ2n) is 2.99. The van der Waals surface area contributed by atoms with Gasteiger partial charge in [-0.1, -0.05) is 24.3 Å². The molecule has 2 nitrogen and oxygen atoms in total. The number of rotatable bonds is 1. The molecule has 0 spiro atoms. The number of nitrogens with zero attached hydrogens (tertiary/aromatic N) is 1. The molecule has 12 heavy (non-hydrogen) atoms. The molecule has 0 aromatic carbocycles. The van der Waals surface area contributed by atoms with E-state index in [1.54, 1.807) is 6.21 Å². The van der Waals surface area contributed by atoms with Crippen molar-refractivity contribution in [2.75, 3.05) is 6.54 Å². The summed E-state index contributed by atoms with van der Waals surface area (Å²) >= 11 is 0. The molecule has 1 atom stereocenters. The number of hydrogen-bond acceptors (Lipinski definition) is 2. The first kappa shape index (κ1) is 7.22. The van der Waals surface area contributed by atoms with Gasteiger partial charge in [0.15, 0.2) is 0 Å². The van der Waals surface area contributed by atoms with Gasteiger partial charge in [0.25, 0.3) is 0 Å². The van der Waals surface area contributed by atoms with Crippen LogP contribution in [0.25, 0.3) is 0 Å². The molecule has 0 aromatic heterocycles. The zero-order valence-corrected chi connectivity index (χ0v) is 6.60. The Balaban J connectivity index is 2.49.